The number of carbonyl (C=O) groups excluding carboxylic acids is 1. The Morgan fingerprint density at radius 1 is 1.33 bits per heavy atom. The first-order valence-corrected chi connectivity index (χ1v) is 11.4. The van der Waals surface area contributed by atoms with Gasteiger partial charge >= 0.3 is 0 Å². The smallest absolute Gasteiger partial charge is 0.274 e. The molecule has 7 nitrogen and oxygen atoms in total. The zero-order valence-electron chi connectivity index (χ0n) is 16.3. The number of carbonyl (C=O) groups is 1. The van der Waals surface area contributed by atoms with Crippen LogP contribution in [0, 0.1) is 0 Å². The molecule has 1 saturated heterocycles. The number of fused-ring (bicyclic) bond motifs is 1. The van der Waals surface area contributed by atoms with Gasteiger partial charge in [0.2, 0.25) is 10.0 Å². The number of pyridine rings is 1. The molecule has 3 rings (SSSR count). The predicted molar refractivity (Wildman–Crippen MR) is 105 cm³/mol. The summed E-state index contributed by atoms with van der Waals surface area (Å²) >= 11 is 0. The zero-order chi connectivity index (χ0) is 19.6. The average Bonchev–Trinajstić information content (AvgIpc) is 3.05. The van der Waals surface area contributed by atoms with Crippen LogP contribution in [0.5, 0.6) is 0 Å². The number of aromatic nitrogens is 2. The summed E-state index contributed by atoms with van der Waals surface area (Å²) in [5.74, 6) is 0.686. The van der Waals surface area contributed by atoms with E-state index in [1.54, 1.807) is 0 Å². The summed E-state index contributed by atoms with van der Waals surface area (Å²) in [5, 5.41) is 0. The molecule has 2 aromatic rings. The summed E-state index contributed by atoms with van der Waals surface area (Å²) in [6, 6.07) is 5.71. The molecule has 0 spiro atoms. The largest absolute Gasteiger partial charge is 0.338 e. The van der Waals surface area contributed by atoms with Crippen LogP contribution >= 0.6 is 0 Å². The van der Waals surface area contributed by atoms with E-state index in [2.05, 4.69) is 6.92 Å². The van der Waals surface area contributed by atoms with E-state index < -0.39 is 10.0 Å². The number of sulfonamides is 1. The molecule has 0 radical (unpaired) electrons. The van der Waals surface area contributed by atoms with E-state index in [-0.39, 0.29) is 11.8 Å². The van der Waals surface area contributed by atoms with E-state index in [9.17, 15) is 13.2 Å². The van der Waals surface area contributed by atoms with Gasteiger partial charge in [0.1, 0.15) is 5.82 Å². The number of amides is 1. The lowest BCUT2D eigenvalue weighted by Crippen LogP contribution is -2.38. The highest BCUT2D eigenvalue weighted by molar-refractivity contribution is 7.88. The Morgan fingerprint density at radius 3 is 2.78 bits per heavy atom. The summed E-state index contributed by atoms with van der Waals surface area (Å²) in [6.45, 7) is 6.31. The van der Waals surface area contributed by atoms with Crippen molar-refractivity contribution in [3.05, 3.63) is 35.9 Å². The van der Waals surface area contributed by atoms with E-state index in [0.29, 0.717) is 31.9 Å². The molecule has 1 atom stereocenters. The van der Waals surface area contributed by atoms with E-state index in [4.69, 9.17) is 4.98 Å². The standard InChI is InChI=1S/C19H28N4O3S/c1-4-11-21(5-2)19(24)17-16-10-6-7-13-23(16)18(20-17)15-9-8-12-22(14-15)27(3,25)26/h6-7,10,13,15H,4-5,8-9,11-12,14H2,1-3H3/t15-/m0/s1. The van der Waals surface area contributed by atoms with Crippen molar-refractivity contribution in [1.29, 1.82) is 0 Å². The Bertz CT molecular complexity index is 922. The molecule has 1 amide bonds. The maximum absolute atomic E-state index is 13.0. The molecule has 27 heavy (non-hydrogen) atoms. The minimum absolute atomic E-state index is 0.0221. The lowest BCUT2D eigenvalue weighted by atomic mass is 9.99. The van der Waals surface area contributed by atoms with Gasteiger partial charge in [0.15, 0.2) is 5.69 Å². The lowest BCUT2D eigenvalue weighted by Gasteiger charge is -2.30. The molecule has 0 bridgehead atoms. The van der Waals surface area contributed by atoms with Crippen molar-refractivity contribution >= 4 is 21.4 Å². The molecule has 0 saturated carbocycles. The summed E-state index contributed by atoms with van der Waals surface area (Å²) < 4.78 is 27.4. The first kappa shape index (κ1) is 19.8. The van der Waals surface area contributed by atoms with Gasteiger partial charge in [-0.15, -0.1) is 0 Å². The van der Waals surface area contributed by atoms with E-state index >= 15 is 0 Å². The summed E-state index contributed by atoms with van der Waals surface area (Å²) in [5.41, 5.74) is 1.24. The third-order valence-corrected chi connectivity index (χ3v) is 6.43. The fraction of sp³-hybridized carbons (Fsp3) is 0.579. The van der Waals surface area contributed by atoms with Gasteiger partial charge in [0.25, 0.3) is 5.91 Å². The van der Waals surface area contributed by atoms with Gasteiger partial charge in [-0.25, -0.2) is 17.7 Å². The minimum atomic E-state index is -3.23. The summed E-state index contributed by atoms with van der Waals surface area (Å²) in [7, 11) is -3.23. The van der Waals surface area contributed by atoms with Gasteiger partial charge in [-0.05, 0) is 38.3 Å². The van der Waals surface area contributed by atoms with Crippen molar-refractivity contribution in [1.82, 2.24) is 18.6 Å². The van der Waals surface area contributed by atoms with Crippen LogP contribution in [0.3, 0.4) is 0 Å². The van der Waals surface area contributed by atoms with Crippen molar-refractivity contribution in [2.24, 2.45) is 0 Å². The van der Waals surface area contributed by atoms with Crippen LogP contribution < -0.4 is 0 Å². The van der Waals surface area contributed by atoms with Crippen LogP contribution in [0.1, 0.15) is 55.3 Å². The monoisotopic (exact) mass is 392 g/mol. The maximum Gasteiger partial charge on any atom is 0.274 e. The summed E-state index contributed by atoms with van der Waals surface area (Å²) in [4.78, 5) is 19.6. The molecule has 0 N–H and O–H groups in total. The van der Waals surface area contributed by atoms with Crippen LogP contribution in [0.2, 0.25) is 0 Å². The third kappa shape index (κ3) is 4.01. The van der Waals surface area contributed by atoms with Gasteiger partial charge in [-0.3, -0.25) is 4.79 Å². The van der Waals surface area contributed by atoms with Crippen molar-refractivity contribution in [2.75, 3.05) is 32.4 Å². The minimum Gasteiger partial charge on any atom is -0.338 e. The highest BCUT2D eigenvalue weighted by Crippen LogP contribution is 2.29. The Balaban J connectivity index is 2.01. The number of piperidine rings is 1. The molecular weight excluding hydrogens is 364 g/mol. The molecule has 148 valence electrons. The van der Waals surface area contributed by atoms with Crippen molar-refractivity contribution in [3.63, 3.8) is 0 Å². The highest BCUT2D eigenvalue weighted by Gasteiger charge is 2.31. The first-order chi connectivity index (χ1) is 12.9. The SMILES string of the molecule is CCCN(CC)C(=O)c1nc([C@H]2CCCN(S(C)(=O)=O)C2)n2ccccc12. The number of rotatable bonds is 6. The van der Waals surface area contributed by atoms with Crippen LogP contribution in [-0.4, -0.2) is 65.3 Å². The lowest BCUT2D eigenvalue weighted by molar-refractivity contribution is 0.0761. The van der Waals surface area contributed by atoms with Crippen LogP contribution in [-0.2, 0) is 10.0 Å². The Hall–Kier alpha value is -1.93. The van der Waals surface area contributed by atoms with E-state index in [1.165, 1.54) is 10.6 Å². The van der Waals surface area contributed by atoms with E-state index in [1.807, 2.05) is 40.6 Å². The number of nitrogens with zero attached hydrogens (tertiary/aromatic N) is 4. The molecule has 1 aliphatic rings. The second-order valence-electron chi connectivity index (χ2n) is 7.12. The molecular formula is C19H28N4O3S. The second kappa shape index (κ2) is 7.98. The summed E-state index contributed by atoms with van der Waals surface area (Å²) in [6.07, 6.45) is 5.70. The van der Waals surface area contributed by atoms with Crippen LogP contribution in [0.15, 0.2) is 24.4 Å². The molecule has 0 aromatic carbocycles. The van der Waals surface area contributed by atoms with E-state index in [0.717, 1.165) is 30.6 Å². The Morgan fingerprint density at radius 2 is 2.11 bits per heavy atom. The Kier molecular flexibility index (Phi) is 5.86. The fourth-order valence-corrected chi connectivity index (χ4v) is 4.70. The predicted octanol–water partition coefficient (Wildman–Crippen LogP) is 2.35. The molecule has 1 aliphatic heterocycles. The molecule has 1 fully saturated rings. The van der Waals surface area contributed by atoms with Crippen LogP contribution in [0.4, 0.5) is 0 Å². The topological polar surface area (TPSA) is 75.0 Å². The fourth-order valence-electron chi connectivity index (χ4n) is 3.78. The van der Waals surface area contributed by atoms with Gasteiger partial charge in [-0.2, -0.15) is 0 Å². The average molecular weight is 393 g/mol. The van der Waals surface area contributed by atoms with Gasteiger partial charge in [-0.1, -0.05) is 13.0 Å². The van der Waals surface area contributed by atoms with Gasteiger partial charge in [0, 0.05) is 38.3 Å². The quantitative estimate of drug-likeness (QED) is 0.756. The van der Waals surface area contributed by atoms with Crippen molar-refractivity contribution in [2.45, 2.75) is 39.0 Å². The number of hydrogen-bond acceptors (Lipinski definition) is 4. The molecule has 3 heterocycles. The Labute approximate surface area is 161 Å². The molecule has 2 aromatic heterocycles. The second-order valence-corrected chi connectivity index (χ2v) is 9.10. The molecule has 0 unspecified atom stereocenters. The number of hydrogen-bond donors (Lipinski definition) is 0. The third-order valence-electron chi connectivity index (χ3n) is 5.16. The number of imidazole rings is 1. The van der Waals surface area contributed by atoms with Crippen molar-refractivity contribution in [3.8, 4) is 0 Å². The van der Waals surface area contributed by atoms with Gasteiger partial charge < -0.3 is 9.30 Å². The molecule has 0 aliphatic carbocycles. The molecule has 8 heteroatoms. The van der Waals surface area contributed by atoms with Crippen molar-refractivity contribution < 1.29 is 13.2 Å². The maximum atomic E-state index is 13.0. The first-order valence-electron chi connectivity index (χ1n) is 9.58. The van der Waals surface area contributed by atoms with Gasteiger partial charge in [0.05, 0.1) is 11.8 Å². The highest BCUT2D eigenvalue weighted by atomic mass is 32.2. The normalized spacial score (nSPS) is 18.7. The zero-order valence-corrected chi connectivity index (χ0v) is 17.1. The van der Waals surface area contributed by atoms with Crippen LogP contribution in [0.25, 0.3) is 5.52 Å².